The molecular weight excluding hydrogens is 388 g/mol. The zero-order chi connectivity index (χ0) is 19.5. The summed E-state index contributed by atoms with van der Waals surface area (Å²) in [6.07, 6.45) is 1.76. The highest BCUT2D eigenvalue weighted by molar-refractivity contribution is 7.98. The van der Waals surface area contributed by atoms with Crippen molar-refractivity contribution >= 4 is 23.4 Å². The molecule has 6 heteroatoms. The van der Waals surface area contributed by atoms with E-state index >= 15 is 0 Å². The minimum atomic E-state index is 0.695. The third-order valence-corrected chi connectivity index (χ3v) is 5.70. The Labute approximate surface area is 173 Å². The van der Waals surface area contributed by atoms with Gasteiger partial charge in [0.2, 0.25) is 0 Å². The average Bonchev–Trinajstić information content (AvgIpc) is 3.14. The van der Waals surface area contributed by atoms with E-state index in [0.717, 1.165) is 22.3 Å². The normalized spacial score (nSPS) is 11.0. The summed E-state index contributed by atoms with van der Waals surface area (Å²) in [7, 11) is 0. The van der Waals surface area contributed by atoms with Crippen LogP contribution in [0, 0.1) is 13.8 Å². The van der Waals surface area contributed by atoms with Gasteiger partial charge in [-0.25, -0.2) is 0 Å². The molecule has 2 heterocycles. The summed E-state index contributed by atoms with van der Waals surface area (Å²) in [5.41, 5.74) is 5.58. The molecule has 0 radical (unpaired) electrons. The fourth-order valence-corrected chi connectivity index (χ4v) is 4.09. The monoisotopic (exact) mass is 406 g/mol. The molecule has 4 rings (SSSR count). The summed E-state index contributed by atoms with van der Waals surface area (Å²) < 4.78 is 2.04. The molecule has 2 aromatic heterocycles. The van der Waals surface area contributed by atoms with Gasteiger partial charge >= 0.3 is 0 Å². The van der Waals surface area contributed by atoms with Gasteiger partial charge in [-0.1, -0.05) is 53.2 Å². The lowest BCUT2D eigenvalue weighted by Gasteiger charge is -2.11. The van der Waals surface area contributed by atoms with Crippen LogP contribution in [0.4, 0.5) is 0 Å². The molecule has 4 aromatic rings. The molecule has 0 aliphatic carbocycles. The lowest BCUT2D eigenvalue weighted by molar-refractivity contribution is 0.884. The maximum Gasteiger partial charge on any atom is 0.196 e. The first-order valence-corrected chi connectivity index (χ1v) is 10.3. The van der Waals surface area contributed by atoms with Gasteiger partial charge in [0.25, 0.3) is 0 Å². The topological polar surface area (TPSA) is 43.6 Å². The van der Waals surface area contributed by atoms with Gasteiger partial charge < -0.3 is 0 Å². The molecule has 0 unspecified atom stereocenters. The smallest absolute Gasteiger partial charge is 0.196 e. The Bertz CT molecular complexity index is 1090. The van der Waals surface area contributed by atoms with Crippen molar-refractivity contribution in [3.05, 3.63) is 88.6 Å². The van der Waals surface area contributed by atoms with Crippen LogP contribution in [-0.4, -0.2) is 19.7 Å². The molecular formula is C22H19ClN4S. The fraction of sp³-hybridized carbons (Fsp3) is 0.136. The Morgan fingerprint density at radius 3 is 2.54 bits per heavy atom. The van der Waals surface area contributed by atoms with E-state index in [0.29, 0.717) is 10.8 Å². The summed E-state index contributed by atoms with van der Waals surface area (Å²) in [6.45, 7) is 4.25. The van der Waals surface area contributed by atoms with Crippen molar-refractivity contribution in [1.82, 2.24) is 19.7 Å². The number of nitrogens with zero attached hydrogens (tertiary/aromatic N) is 4. The summed E-state index contributed by atoms with van der Waals surface area (Å²) in [5.74, 6) is 1.54. The molecule has 0 aliphatic rings. The standard InChI is InChI=1S/C22H19ClN4S/c1-15-6-7-16(2)17(13-15)14-28-22-26-25-21(20-5-3-4-12-24-20)27(22)19-10-8-18(23)9-11-19/h3-13H,14H2,1-2H3. The fourth-order valence-electron chi connectivity index (χ4n) is 2.95. The first-order chi connectivity index (χ1) is 13.6. The average molecular weight is 407 g/mol. The number of thioether (sulfide) groups is 1. The number of halogens is 1. The summed E-state index contributed by atoms with van der Waals surface area (Å²) in [6, 6.07) is 20.0. The third-order valence-electron chi connectivity index (χ3n) is 4.47. The quantitative estimate of drug-likeness (QED) is 0.387. The van der Waals surface area contributed by atoms with Gasteiger partial charge in [0.05, 0.1) is 0 Å². The van der Waals surface area contributed by atoms with Gasteiger partial charge in [-0.3, -0.25) is 9.55 Å². The number of aromatic nitrogens is 4. The van der Waals surface area contributed by atoms with E-state index in [1.54, 1.807) is 18.0 Å². The van der Waals surface area contributed by atoms with Crippen molar-refractivity contribution in [2.24, 2.45) is 0 Å². The molecule has 2 aromatic carbocycles. The van der Waals surface area contributed by atoms with Crippen LogP contribution < -0.4 is 0 Å². The van der Waals surface area contributed by atoms with Gasteiger partial charge in [-0.2, -0.15) is 0 Å². The molecule has 0 saturated heterocycles. The zero-order valence-corrected chi connectivity index (χ0v) is 17.2. The number of pyridine rings is 1. The second kappa shape index (κ2) is 8.17. The van der Waals surface area contributed by atoms with Crippen LogP contribution in [0.2, 0.25) is 5.02 Å². The molecule has 28 heavy (non-hydrogen) atoms. The molecule has 0 fully saturated rings. The molecule has 4 nitrogen and oxygen atoms in total. The maximum atomic E-state index is 6.09. The first-order valence-electron chi connectivity index (χ1n) is 8.93. The second-order valence-electron chi connectivity index (χ2n) is 6.55. The number of hydrogen-bond donors (Lipinski definition) is 0. The molecule has 140 valence electrons. The Morgan fingerprint density at radius 1 is 0.964 bits per heavy atom. The van der Waals surface area contributed by atoms with Crippen molar-refractivity contribution in [1.29, 1.82) is 0 Å². The van der Waals surface area contributed by atoms with Crippen molar-refractivity contribution < 1.29 is 0 Å². The van der Waals surface area contributed by atoms with Gasteiger partial charge in [0, 0.05) is 22.7 Å². The lowest BCUT2D eigenvalue weighted by atomic mass is 10.1. The molecule has 0 aliphatic heterocycles. The molecule has 0 amide bonds. The molecule has 0 spiro atoms. The van der Waals surface area contributed by atoms with Gasteiger partial charge in [-0.05, 0) is 61.4 Å². The number of rotatable bonds is 5. The van der Waals surface area contributed by atoms with Crippen LogP contribution in [0.15, 0.2) is 72.0 Å². The van der Waals surface area contributed by atoms with Crippen LogP contribution in [0.5, 0.6) is 0 Å². The van der Waals surface area contributed by atoms with Crippen molar-refractivity contribution in [2.45, 2.75) is 24.8 Å². The van der Waals surface area contributed by atoms with Crippen molar-refractivity contribution in [2.75, 3.05) is 0 Å². The van der Waals surface area contributed by atoms with Crippen LogP contribution in [0.3, 0.4) is 0 Å². The zero-order valence-electron chi connectivity index (χ0n) is 15.6. The minimum Gasteiger partial charge on any atom is -0.269 e. The second-order valence-corrected chi connectivity index (χ2v) is 7.93. The maximum absolute atomic E-state index is 6.09. The third kappa shape index (κ3) is 3.96. The van der Waals surface area contributed by atoms with E-state index < -0.39 is 0 Å². The van der Waals surface area contributed by atoms with E-state index in [2.05, 4.69) is 47.2 Å². The van der Waals surface area contributed by atoms with E-state index in [4.69, 9.17) is 11.6 Å². The van der Waals surface area contributed by atoms with E-state index in [-0.39, 0.29) is 0 Å². The van der Waals surface area contributed by atoms with Crippen LogP contribution in [-0.2, 0) is 5.75 Å². The minimum absolute atomic E-state index is 0.695. The highest BCUT2D eigenvalue weighted by Gasteiger charge is 2.17. The largest absolute Gasteiger partial charge is 0.269 e. The Kier molecular flexibility index (Phi) is 5.46. The van der Waals surface area contributed by atoms with Crippen LogP contribution >= 0.6 is 23.4 Å². The van der Waals surface area contributed by atoms with E-state index in [9.17, 15) is 0 Å². The Morgan fingerprint density at radius 2 is 1.79 bits per heavy atom. The van der Waals surface area contributed by atoms with Gasteiger partial charge in [0.15, 0.2) is 11.0 Å². The van der Waals surface area contributed by atoms with Gasteiger partial charge in [0.1, 0.15) is 5.69 Å². The van der Waals surface area contributed by atoms with Crippen molar-refractivity contribution in [3.63, 3.8) is 0 Å². The van der Waals surface area contributed by atoms with E-state index in [1.165, 1.54) is 16.7 Å². The number of aryl methyl sites for hydroxylation is 2. The van der Waals surface area contributed by atoms with E-state index in [1.807, 2.05) is 47.0 Å². The highest BCUT2D eigenvalue weighted by Crippen LogP contribution is 2.30. The Balaban J connectivity index is 1.74. The molecule has 0 saturated carbocycles. The summed E-state index contributed by atoms with van der Waals surface area (Å²) in [5, 5.41) is 10.4. The number of benzene rings is 2. The predicted molar refractivity (Wildman–Crippen MR) is 115 cm³/mol. The first kappa shape index (κ1) is 18.7. The highest BCUT2D eigenvalue weighted by atomic mass is 35.5. The van der Waals surface area contributed by atoms with Crippen LogP contribution in [0.1, 0.15) is 16.7 Å². The summed E-state index contributed by atoms with van der Waals surface area (Å²) in [4.78, 5) is 4.45. The van der Waals surface area contributed by atoms with Gasteiger partial charge in [-0.15, -0.1) is 10.2 Å². The number of hydrogen-bond acceptors (Lipinski definition) is 4. The predicted octanol–water partition coefficient (Wildman–Crippen LogP) is 5.89. The molecule has 0 bridgehead atoms. The molecule has 0 N–H and O–H groups in total. The lowest BCUT2D eigenvalue weighted by Crippen LogP contribution is -2.01. The summed E-state index contributed by atoms with van der Waals surface area (Å²) >= 11 is 7.75. The van der Waals surface area contributed by atoms with Crippen LogP contribution in [0.25, 0.3) is 17.2 Å². The molecule has 0 atom stereocenters. The van der Waals surface area contributed by atoms with Crippen molar-refractivity contribution in [3.8, 4) is 17.2 Å². The Hall–Kier alpha value is -2.63. The SMILES string of the molecule is Cc1ccc(C)c(CSc2nnc(-c3ccccn3)n2-c2ccc(Cl)cc2)c1.